The van der Waals surface area contributed by atoms with Crippen molar-refractivity contribution in [2.75, 3.05) is 6.54 Å². The molecule has 0 radical (unpaired) electrons. The van der Waals surface area contributed by atoms with Gasteiger partial charge in [-0.25, -0.2) is 0 Å². The molecular formula is C9H9BrN2O3. The van der Waals surface area contributed by atoms with Gasteiger partial charge in [0, 0.05) is 12.6 Å². The van der Waals surface area contributed by atoms with Crippen LogP contribution in [0.3, 0.4) is 0 Å². The van der Waals surface area contributed by atoms with Gasteiger partial charge < -0.3 is 10.8 Å². The van der Waals surface area contributed by atoms with Gasteiger partial charge in [-0.05, 0) is 27.6 Å². The highest BCUT2D eigenvalue weighted by Crippen LogP contribution is 2.35. The van der Waals surface area contributed by atoms with Crippen LogP contribution in [0.25, 0.3) is 6.08 Å². The molecule has 3 N–H and O–H groups in total. The number of benzene rings is 1. The number of nitro benzene ring substituents is 1. The SMILES string of the molecule is NC/C=C/c1cc(Br)c(O)c([N+](=O)[O-])c1. The van der Waals surface area contributed by atoms with E-state index in [1.54, 1.807) is 18.2 Å². The van der Waals surface area contributed by atoms with Crippen LogP contribution in [-0.4, -0.2) is 16.6 Å². The summed E-state index contributed by atoms with van der Waals surface area (Å²) in [5.74, 6) is -0.370. The minimum Gasteiger partial charge on any atom is -0.501 e. The molecule has 0 aliphatic heterocycles. The summed E-state index contributed by atoms with van der Waals surface area (Å²) in [6, 6.07) is 2.86. The van der Waals surface area contributed by atoms with E-state index in [0.717, 1.165) is 0 Å². The Morgan fingerprint density at radius 1 is 1.60 bits per heavy atom. The molecular weight excluding hydrogens is 264 g/mol. The first-order chi connectivity index (χ1) is 7.06. The summed E-state index contributed by atoms with van der Waals surface area (Å²) in [6.07, 6.45) is 3.32. The Kier molecular flexibility index (Phi) is 3.81. The molecule has 6 heteroatoms. The van der Waals surface area contributed by atoms with Crippen LogP contribution in [-0.2, 0) is 0 Å². The van der Waals surface area contributed by atoms with Crippen molar-refractivity contribution in [3.63, 3.8) is 0 Å². The highest BCUT2D eigenvalue weighted by Gasteiger charge is 2.16. The molecule has 5 nitrogen and oxygen atoms in total. The summed E-state index contributed by atoms with van der Waals surface area (Å²) in [5, 5.41) is 20.0. The van der Waals surface area contributed by atoms with E-state index in [1.165, 1.54) is 6.07 Å². The van der Waals surface area contributed by atoms with Crippen molar-refractivity contribution in [2.24, 2.45) is 5.73 Å². The van der Waals surface area contributed by atoms with Crippen molar-refractivity contribution < 1.29 is 10.0 Å². The third-order valence-corrected chi connectivity index (χ3v) is 2.31. The van der Waals surface area contributed by atoms with Crippen molar-refractivity contribution in [3.05, 3.63) is 38.4 Å². The zero-order chi connectivity index (χ0) is 11.4. The lowest BCUT2D eigenvalue weighted by Crippen LogP contribution is -1.93. The molecule has 0 amide bonds. The molecule has 0 bridgehead atoms. The first-order valence-electron chi connectivity index (χ1n) is 4.09. The van der Waals surface area contributed by atoms with E-state index in [2.05, 4.69) is 15.9 Å². The van der Waals surface area contributed by atoms with Gasteiger partial charge in [-0.3, -0.25) is 10.1 Å². The van der Waals surface area contributed by atoms with E-state index in [4.69, 9.17) is 5.73 Å². The maximum Gasteiger partial charge on any atom is 0.312 e. The molecule has 1 rings (SSSR count). The fourth-order valence-corrected chi connectivity index (χ4v) is 1.51. The van der Waals surface area contributed by atoms with Crippen molar-refractivity contribution in [3.8, 4) is 5.75 Å². The number of nitrogens with two attached hydrogens (primary N) is 1. The molecule has 0 saturated heterocycles. The summed E-state index contributed by atoms with van der Waals surface area (Å²) >= 11 is 3.04. The minimum atomic E-state index is -0.639. The second kappa shape index (κ2) is 4.90. The van der Waals surface area contributed by atoms with E-state index in [0.29, 0.717) is 12.1 Å². The number of halogens is 1. The maximum absolute atomic E-state index is 10.6. The number of nitro groups is 1. The standard InChI is InChI=1S/C9H9BrN2O3/c10-7-4-6(2-1-3-11)5-8(9(7)13)12(14)15/h1-2,4-5,13H,3,11H2/b2-1+. The second-order valence-electron chi connectivity index (χ2n) is 2.77. The normalized spacial score (nSPS) is 10.8. The van der Waals surface area contributed by atoms with E-state index < -0.39 is 4.92 Å². The molecule has 0 spiro atoms. The smallest absolute Gasteiger partial charge is 0.312 e. The molecule has 15 heavy (non-hydrogen) atoms. The first-order valence-corrected chi connectivity index (χ1v) is 4.89. The predicted octanol–water partition coefficient (Wildman–Crippen LogP) is 2.03. The number of phenolic OH excluding ortho intramolecular Hbond substituents is 1. The average molecular weight is 273 g/mol. The van der Waals surface area contributed by atoms with Gasteiger partial charge in [0.2, 0.25) is 5.75 Å². The van der Waals surface area contributed by atoms with Crippen LogP contribution in [0.15, 0.2) is 22.7 Å². The molecule has 80 valence electrons. The average Bonchev–Trinajstić information content (AvgIpc) is 2.19. The number of hydrogen-bond donors (Lipinski definition) is 2. The molecule has 1 aromatic rings. The maximum atomic E-state index is 10.6. The van der Waals surface area contributed by atoms with Crippen molar-refractivity contribution in [2.45, 2.75) is 0 Å². The molecule has 0 aromatic heterocycles. The number of aromatic hydroxyl groups is 1. The van der Waals surface area contributed by atoms with Gasteiger partial charge in [0.25, 0.3) is 0 Å². The van der Waals surface area contributed by atoms with Crippen LogP contribution in [0, 0.1) is 10.1 Å². The van der Waals surface area contributed by atoms with Gasteiger partial charge in [0.1, 0.15) is 0 Å². The van der Waals surface area contributed by atoms with Crippen LogP contribution >= 0.6 is 15.9 Å². The highest BCUT2D eigenvalue weighted by molar-refractivity contribution is 9.10. The molecule has 0 aliphatic rings. The zero-order valence-corrected chi connectivity index (χ0v) is 9.27. The van der Waals surface area contributed by atoms with Crippen LogP contribution in [0.5, 0.6) is 5.75 Å². The van der Waals surface area contributed by atoms with Crippen LogP contribution in [0.2, 0.25) is 0 Å². The van der Waals surface area contributed by atoms with E-state index in [9.17, 15) is 15.2 Å². The molecule has 1 aromatic carbocycles. The quantitative estimate of drug-likeness (QED) is 0.651. The fraction of sp³-hybridized carbons (Fsp3) is 0.111. The second-order valence-corrected chi connectivity index (χ2v) is 3.62. The number of rotatable bonds is 3. The number of nitrogens with zero attached hydrogens (tertiary/aromatic N) is 1. The predicted molar refractivity (Wildman–Crippen MR) is 60.5 cm³/mol. The summed E-state index contributed by atoms with van der Waals surface area (Å²) in [6.45, 7) is 0.353. The molecule has 0 atom stereocenters. The summed E-state index contributed by atoms with van der Waals surface area (Å²) in [4.78, 5) is 9.94. The Labute approximate surface area is 94.5 Å². The number of phenols is 1. The Morgan fingerprint density at radius 3 is 2.80 bits per heavy atom. The highest BCUT2D eigenvalue weighted by atomic mass is 79.9. The van der Waals surface area contributed by atoms with Crippen LogP contribution in [0.4, 0.5) is 5.69 Å². The number of hydrogen-bond acceptors (Lipinski definition) is 4. The minimum absolute atomic E-state index is 0.286. The molecule has 0 unspecified atom stereocenters. The van der Waals surface area contributed by atoms with E-state index in [1.807, 2.05) is 0 Å². The van der Waals surface area contributed by atoms with Crippen LogP contribution in [0.1, 0.15) is 5.56 Å². The molecule has 0 aliphatic carbocycles. The summed E-state index contributed by atoms with van der Waals surface area (Å²) in [7, 11) is 0. The lowest BCUT2D eigenvalue weighted by atomic mass is 10.2. The van der Waals surface area contributed by atoms with Gasteiger partial charge in [0.05, 0.1) is 9.40 Å². The Bertz CT molecular complexity index is 418. The van der Waals surface area contributed by atoms with E-state index in [-0.39, 0.29) is 15.9 Å². The Morgan fingerprint density at radius 2 is 2.27 bits per heavy atom. The Hall–Kier alpha value is -1.40. The van der Waals surface area contributed by atoms with Gasteiger partial charge >= 0.3 is 5.69 Å². The van der Waals surface area contributed by atoms with Crippen molar-refractivity contribution >= 4 is 27.7 Å². The largest absolute Gasteiger partial charge is 0.501 e. The Balaban J connectivity index is 3.23. The molecule has 0 heterocycles. The lowest BCUT2D eigenvalue weighted by Gasteiger charge is -2.00. The molecule has 0 fully saturated rings. The zero-order valence-electron chi connectivity index (χ0n) is 7.68. The first kappa shape index (κ1) is 11.7. The van der Waals surface area contributed by atoms with Gasteiger partial charge in [-0.15, -0.1) is 0 Å². The van der Waals surface area contributed by atoms with Crippen molar-refractivity contribution in [1.82, 2.24) is 0 Å². The topological polar surface area (TPSA) is 89.4 Å². The van der Waals surface area contributed by atoms with Gasteiger partial charge in [-0.2, -0.15) is 0 Å². The third kappa shape index (κ3) is 2.77. The summed E-state index contributed by atoms with van der Waals surface area (Å²) in [5.41, 5.74) is 5.54. The van der Waals surface area contributed by atoms with Crippen LogP contribution < -0.4 is 5.73 Å². The third-order valence-electron chi connectivity index (χ3n) is 1.71. The van der Waals surface area contributed by atoms with E-state index >= 15 is 0 Å². The summed E-state index contributed by atoms with van der Waals surface area (Å²) < 4.78 is 0.286. The lowest BCUT2D eigenvalue weighted by molar-refractivity contribution is -0.386. The van der Waals surface area contributed by atoms with Gasteiger partial charge in [-0.1, -0.05) is 12.2 Å². The molecule has 0 saturated carbocycles. The van der Waals surface area contributed by atoms with Gasteiger partial charge in [0.15, 0.2) is 0 Å². The fourth-order valence-electron chi connectivity index (χ4n) is 1.04. The monoisotopic (exact) mass is 272 g/mol. The van der Waals surface area contributed by atoms with Crippen molar-refractivity contribution in [1.29, 1.82) is 0 Å².